The number of aliphatic hydroxyl groups is 1. The molecule has 0 spiro atoms. The molecule has 1 N–H and O–H groups in total. The maximum Gasteiger partial charge on any atom is 0.133 e. The first-order chi connectivity index (χ1) is 7.72. The molecule has 0 saturated carbocycles. The van der Waals surface area contributed by atoms with E-state index in [1.54, 1.807) is 17.9 Å². The minimum atomic E-state index is -0.922. The van der Waals surface area contributed by atoms with Crippen LogP contribution in [0.3, 0.4) is 0 Å². The van der Waals surface area contributed by atoms with Crippen LogP contribution < -0.4 is 0 Å². The molecule has 1 aliphatic carbocycles. The molecule has 1 heterocycles. The van der Waals surface area contributed by atoms with Gasteiger partial charge in [0.25, 0.3) is 0 Å². The average Bonchev–Trinajstić information content (AvgIpc) is 2.86. The molecule has 1 aromatic heterocycles. The molecule has 4 heteroatoms. The van der Waals surface area contributed by atoms with E-state index in [-0.39, 0.29) is 0 Å². The van der Waals surface area contributed by atoms with E-state index in [0.717, 1.165) is 17.7 Å². The van der Waals surface area contributed by atoms with E-state index in [1.165, 1.54) is 5.56 Å². The highest BCUT2D eigenvalue weighted by molar-refractivity contribution is 5.42. The first kappa shape index (κ1) is 9.54. The zero-order valence-corrected chi connectivity index (χ0v) is 9.09. The van der Waals surface area contributed by atoms with E-state index in [2.05, 4.69) is 16.4 Å². The van der Waals surface area contributed by atoms with Crippen LogP contribution in [0.1, 0.15) is 23.2 Å². The van der Waals surface area contributed by atoms with Crippen LogP contribution in [0.15, 0.2) is 30.5 Å². The highest BCUT2D eigenvalue weighted by Gasteiger charge is 2.40. The highest BCUT2D eigenvalue weighted by atomic mass is 16.3. The second kappa shape index (κ2) is 3.15. The second-order valence-electron chi connectivity index (χ2n) is 4.26. The minimum Gasteiger partial charge on any atom is -0.379 e. The van der Waals surface area contributed by atoms with Crippen molar-refractivity contribution in [2.24, 2.45) is 7.05 Å². The molecule has 0 bridgehead atoms. The second-order valence-corrected chi connectivity index (χ2v) is 4.26. The summed E-state index contributed by atoms with van der Waals surface area (Å²) >= 11 is 0. The molecule has 0 fully saturated rings. The molecule has 1 unspecified atom stereocenters. The van der Waals surface area contributed by atoms with Crippen molar-refractivity contribution in [3.05, 3.63) is 47.3 Å². The van der Waals surface area contributed by atoms with Crippen LogP contribution in [0.2, 0.25) is 0 Å². The monoisotopic (exact) mass is 215 g/mol. The molecular formula is C12H13N3O. The van der Waals surface area contributed by atoms with Gasteiger partial charge in [-0.15, -0.1) is 5.10 Å². The molecule has 82 valence electrons. The predicted molar refractivity (Wildman–Crippen MR) is 58.8 cm³/mol. The van der Waals surface area contributed by atoms with Crippen molar-refractivity contribution in [2.75, 3.05) is 0 Å². The van der Waals surface area contributed by atoms with Crippen molar-refractivity contribution in [2.45, 2.75) is 18.4 Å². The predicted octanol–water partition coefficient (Wildman–Crippen LogP) is 0.997. The van der Waals surface area contributed by atoms with Crippen LogP contribution in [-0.4, -0.2) is 20.1 Å². The molecule has 0 radical (unpaired) electrons. The van der Waals surface area contributed by atoms with Gasteiger partial charge in [0.1, 0.15) is 5.60 Å². The summed E-state index contributed by atoms with van der Waals surface area (Å²) in [6, 6.07) is 8.01. The number of hydrogen-bond donors (Lipinski definition) is 1. The lowest BCUT2D eigenvalue weighted by molar-refractivity contribution is 0.0740. The number of aryl methyl sites for hydroxylation is 2. The number of hydrogen-bond acceptors (Lipinski definition) is 3. The van der Waals surface area contributed by atoms with Crippen molar-refractivity contribution in [3.63, 3.8) is 0 Å². The van der Waals surface area contributed by atoms with Gasteiger partial charge < -0.3 is 5.11 Å². The number of fused-ring (bicyclic) bond motifs is 1. The van der Waals surface area contributed by atoms with Gasteiger partial charge in [-0.25, -0.2) is 4.68 Å². The van der Waals surface area contributed by atoms with Crippen LogP contribution in [0.4, 0.5) is 0 Å². The molecule has 0 saturated heterocycles. The fraction of sp³-hybridized carbons (Fsp3) is 0.333. The van der Waals surface area contributed by atoms with E-state index in [4.69, 9.17) is 0 Å². The van der Waals surface area contributed by atoms with Crippen LogP contribution in [0, 0.1) is 0 Å². The SMILES string of the molecule is Cn1nncc1C1(O)CCc2ccccc21. The quantitative estimate of drug-likeness (QED) is 0.772. The largest absolute Gasteiger partial charge is 0.379 e. The lowest BCUT2D eigenvalue weighted by Gasteiger charge is -2.23. The number of benzene rings is 1. The summed E-state index contributed by atoms with van der Waals surface area (Å²) in [5, 5.41) is 18.5. The first-order valence-corrected chi connectivity index (χ1v) is 5.38. The topological polar surface area (TPSA) is 50.9 Å². The number of nitrogens with zero attached hydrogens (tertiary/aromatic N) is 3. The van der Waals surface area contributed by atoms with Gasteiger partial charge in [-0.2, -0.15) is 0 Å². The zero-order chi connectivity index (χ0) is 11.2. The molecule has 1 aromatic carbocycles. The van der Waals surface area contributed by atoms with Gasteiger partial charge in [0.05, 0.1) is 11.9 Å². The smallest absolute Gasteiger partial charge is 0.133 e. The van der Waals surface area contributed by atoms with Gasteiger partial charge in [-0.1, -0.05) is 29.5 Å². The van der Waals surface area contributed by atoms with Crippen LogP contribution in [0.5, 0.6) is 0 Å². The van der Waals surface area contributed by atoms with Crippen molar-refractivity contribution < 1.29 is 5.11 Å². The van der Waals surface area contributed by atoms with Crippen molar-refractivity contribution in [1.82, 2.24) is 15.0 Å². The zero-order valence-electron chi connectivity index (χ0n) is 9.09. The van der Waals surface area contributed by atoms with Gasteiger partial charge in [0.2, 0.25) is 0 Å². The Balaban J connectivity index is 2.19. The standard InChI is InChI=1S/C12H13N3O/c1-15-11(8-13-14-15)12(16)7-6-9-4-2-3-5-10(9)12/h2-5,8,16H,6-7H2,1H3. The van der Waals surface area contributed by atoms with Crippen molar-refractivity contribution in [1.29, 1.82) is 0 Å². The Labute approximate surface area is 93.5 Å². The van der Waals surface area contributed by atoms with Gasteiger partial charge >= 0.3 is 0 Å². The maximum absolute atomic E-state index is 10.8. The van der Waals surface area contributed by atoms with Gasteiger partial charge in [0.15, 0.2) is 0 Å². The molecule has 1 atom stereocenters. The summed E-state index contributed by atoms with van der Waals surface area (Å²) in [6.07, 6.45) is 3.24. The molecule has 4 nitrogen and oxygen atoms in total. The van der Waals surface area contributed by atoms with E-state index in [1.807, 2.05) is 18.2 Å². The Morgan fingerprint density at radius 1 is 1.38 bits per heavy atom. The maximum atomic E-state index is 10.8. The van der Waals surface area contributed by atoms with Gasteiger partial charge in [0, 0.05) is 7.05 Å². The normalized spacial score (nSPS) is 23.4. The van der Waals surface area contributed by atoms with Crippen LogP contribution in [0.25, 0.3) is 0 Å². The molecule has 1 aliphatic rings. The summed E-state index contributed by atoms with van der Waals surface area (Å²) in [6.45, 7) is 0. The Morgan fingerprint density at radius 2 is 2.19 bits per heavy atom. The van der Waals surface area contributed by atoms with E-state index in [0.29, 0.717) is 6.42 Å². The lowest BCUT2D eigenvalue weighted by Crippen LogP contribution is -2.27. The first-order valence-electron chi connectivity index (χ1n) is 5.38. The summed E-state index contributed by atoms with van der Waals surface area (Å²) in [5.74, 6) is 0. The third-order valence-corrected chi connectivity index (χ3v) is 3.36. The van der Waals surface area contributed by atoms with Crippen LogP contribution >= 0.6 is 0 Å². The number of aromatic nitrogens is 3. The lowest BCUT2D eigenvalue weighted by atomic mass is 9.93. The van der Waals surface area contributed by atoms with Crippen LogP contribution in [-0.2, 0) is 19.1 Å². The van der Waals surface area contributed by atoms with Gasteiger partial charge in [-0.3, -0.25) is 0 Å². The minimum absolute atomic E-state index is 0.702. The average molecular weight is 215 g/mol. The molecule has 0 amide bonds. The highest BCUT2D eigenvalue weighted by Crippen LogP contribution is 2.41. The third-order valence-electron chi connectivity index (χ3n) is 3.36. The third kappa shape index (κ3) is 1.13. The number of rotatable bonds is 1. The summed E-state index contributed by atoms with van der Waals surface area (Å²) in [7, 11) is 1.81. The van der Waals surface area contributed by atoms with Crippen molar-refractivity contribution in [3.8, 4) is 0 Å². The van der Waals surface area contributed by atoms with E-state index in [9.17, 15) is 5.11 Å². The Bertz CT molecular complexity index is 535. The fourth-order valence-electron chi connectivity index (χ4n) is 2.52. The Morgan fingerprint density at radius 3 is 2.94 bits per heavy atom. The van der Waals surface area contributed by atoms with Gasteiger partial charge in [-0.05, 0) is 24.0 Å². The molecule has 3 rings (SSSR count). The summed E-state index contributed by atoms with van der Waals surface area (Å²) < 4.78 is 1.64. The van der Waals surface area contributed by atoms with E-state index >= 15 is 0 Å². The molecule has 0 aliphatic heterocycles. The Kier molecular flexibility index (Phi) is 1.88. The fourth-order valence-corrected chi connectivity index (χ4v) is 2.52. The molecular weight excluding hydrogens is 202 g/mol. The molecule has 2 aromatic rings. The van der Waals surface area contributed by atoms with E-state index < -0.39 is 5.60 Å². The molecule has 16 heavy (non-hydrogen) atoms. The Hall–Kier alpha value is -1.68. The summed E-state index contributed by atoms with van der Waals surface area (Å²) in [4.78, 5) is 0. The summed E-state index contributed by atoms with van der Waals surface area (Å²) in [5.41, 5.74) is 2.04. The van der Waals surface area contributed by atoms with Crippen molar-refractivity contribution >= 4 is 0 Å².